The van der Waals surface area contributed by atoms with Gasteiger partial charge in [-0.25, -0.2) is 15.0 Å². The third kappa shape index (κ3) is 3.38. The molecule has 3 aromatic heterocycles. The van der Waals surface area contributed by atoms with Crippen molar-refractivity contribution < 1.29 is 0 Å². The van der Waals surface area contributed by atoms with Crippen molar-refractivity contribution in [1.82, 2.24) is 24.8 Å². The smallest absolute Gasteiger partial charge is 0.255 e. The van der Waals surface area contributed by atoms with Gasteiger partial charge < -0.3 is 4.98 Å². The Labute approximate surface area is 149 Å². The maximum absolute atomic E-state index is 12.5. The number of aryl methyl sites for hydroxylation is 1. The zero-order chi connectivity index (χ0) is 17.2. The van der Waals surface area contributed by atoms with Crippen molar-refractivity contribution in [2.45, 2.75) is 32.9 Å². The van der Waals surface area contributed by atoms with Crippen molar-refractivity contribution in [2.24, 2.45) is 0 Å². The Morgan fingerprint density at radius 3 is 2.80 bits per heavy atom. The standard InChI is InChI=1S/C18H19N5OS/c1-2-13-3-4-14(25-13)9-23-6-5-16-15(10-23)18(24)22-17(21-16)12-7-19-11-20-8-12/h3-4,7-8,11H,2,5-6,9-10H2,1H3,(H,21,22,24). The Morgan fingerprint density at radius 2 is 2.04 bits per heavy atom. The Hall–Kier alpha value is -2.38. The van der Waals surface area contributed by atoms with Gasteiger partial charge in [0.15, 0.2) is 0 Å². The number of aromatic nitrogens is 4. The van der Waals surface area contributed by atoms with Crippen molar-refractivity contribution in [3.63, 3.8) is 0 Å². The molecule has 0 fully saturated rings. The minimum absolute atomic E-state index is 0.0611. The third-order valence-electron chi connectivity index (χ3n) is 4.43. The summed E-state index contributed by atoms with van der Waals surface area (Å²) in [6.45, 7) is 4.61. The fourth-order valence-electron chi connectivity index (χ4n) is 3.09. The lowest BCUT2D eigenvalue weighted by Gasteiger charge is -2.27. The molecule has 1 aliphatic heterocycles. The van der Waals surface area contributed by atoms with E-state index in [1.807, 2.05) is 11.3 Å². The topological polar surface area (TPSA) is 74.8 Å². The van der Waals surface area contributed by atoms with Gasteiger partial charge in [-0.2, -0.15) is 0 Å². The minimum Gasteiger partial charge on any atom is -0.306 e. The first-order chi connectivity index (χ1) is 12.2. The molecule has 0 unspecified atom stereocenters. The number of thiophene rings is 1. The van der Waals surface area contributed by atoms with Gasteiger partial charge in [0.25, 0.3) is 5.56 Å². The monoisotopic (exact) mass is 353 g/mol. The molecule has 0 saturated heterocycles. The zero-order valence-corrected chi connectivity index (χ0v) is 14.8. The predicted molar refractivity (Wildman–Crippen MR) is 97.4 cm³/mol. The number of nitrogens with zero attached hydrogens (tertiary/aromatic N) is 4. The average molecular weight is 353 g/mol. The Balaban J connectivity index is 1.56. The summed E-state index contributed by atoms with van der Waals surface area (Å²) in [5.74, 6) is 0.545. The average Bonchev–Trinajstić information content (AvgIpc) is 3.10. The molecule has 25 heavy (non-hydrogen) atoms. The van der Waals surface area contributed by atoms with Crippen LogP contribution in [0.25, 0.3) is 11.4 Å². The van der Waals surface area contributed by atoms with Gasteiger partial charge in [0.1, 0.15) is 12.2 Å². The van der Waals surface area contributed by atoms with E-state index in [9.17, 15) is 4.79 Å². The summed E-state index contributed by atoms with van der Waals surface area (Å²) in [5, 5.41) is 0. The molecule has 7 heteroatoms. The van der Waals surface area contributed by atoms with E-state index < -0.39 is 0 Å². The second kappa shape index (κ2) is 6.85. The molecule has 4 rings (SSSR count). The summed E-state index contributed by atoms with van der Waals surface area (Å²) in [6, 6.07) is 4.39. The second-order valence-corrected chi connectivity index (χ2v) is 7.40. The van der Waals surface area contributed by atoms with Gasteiger partial charge >= 0.3 is 0 Å². The Kier molecular flexibility index (Phi) is 4.42. The Bertz CT molecular complexity index is 934. The van der Waals surface area contributed by atoms with Crippen LogP contribution >= 0.6 is 11.3 Å². The zero-order valence-electron chi connectivity index (χ0n) is 14.0. The van der Waals surface area contributed by atoms with Crippen LogP contribution in [-0.4, -0.2) is 31.4 Å². The second-order valence-electron chi connectivity index (χ2n) is 6.15. The summed E-state index contributed by atoms with van der Waals surface area (Å²) >= 11 is 1.85. The lowest BCUT2D eigenvalue weighted by atomic mass is 10.1. The van der Waals surface area contributed by atoms with E-state index in [1.165, 1.54) is 16.1 Å². The summed E-state index contributed by atoms with van der Waals surface area (Å²) < 4.78 is 0. The van der Waals surface area contributed by atoms with Crippen molar-refractivity contribution >= 4 is 11.3 Å². The molecule has 0 aliphatic carbocycles. The number of hydrogen-bond acceptors (Lipinski definition) is 6. The fourth-order valence-corrected chi connectivity index (χ4v) is 4.09. The van der Waals surface area contributed by atoms with Crippen molar-refractivity contribution in [1.29, 1.82) is 0 Å². The maximum atomic E-state index is 12.5. The number of nitrogens with one attached hydrogen (secondary N) is 1. The lowest BCUT2D eigenvalue weighted by Crippen LogP contribution is -2.35. The highest BCUT2D eigenvalue weighted by molar-refractivity contribution is 7.11. The molecule has 4 heterocycles. The van der Waals surface area contributed by atoms with E-state index in [2.05, 4.69) is 43.9 Å². The highest BCUT2D eigenvalue weighted by Gasteiger charge is 2.22. The van der Waals surface area contributed by atoms with Crippen molar-refractivity contribution in [3.05, 3.63) is 62.2 Å². The van der Waals surface area contributed by atoms with E-state index in [-0.39, 0.29) is 5.56 Å². The van der Waals surface area contributed by atoms with E-state index in [0.29, 0.717) is 12.4 Å². The molecular formula is C18H19N5OS. The molecule has 0 saturated carbocycles. The van der Waals surface area contributed by atoms with Crippen molar-refractivity contribution in [2.75, 3.05) is 6.54 Å². The van der Waals surface area contributed by atoms with Gasteiger partial charge in [-0.3, -0.25) is 9.69 Å². The highest BCUT2D eigenvalue weighted by Crippen LogP contribution is 2.22. The summed E-state index contributed by atoms with van der Waals surface area (Å²) in [4.78, 5) is 33.1. The first kappa shape index (κ1) is 16.1. The van der Waals surface area contributed by atoms with E-state index in [1.54, 1.807) is 12.4 Å². The fraction of sp³-hybridized carbons (Fsp3) is 0.333. The number of fused-ring (bicyclic) bond motifs is 1. The molecule has 6 nitrogen and oxygen atoms in total. The van der Waals surface area contributed by atoms with Crippen LogP contribution in [0.4, 0.5) is 0 Å². The maximum Gasteiger partial charge on any atom is 0.255 e. The molecule has 0 atom stereocenters. The van der Waals surface area contributed by atoms with Crippen molar-refractivity contribution in [3.8, 4) is 11.4 Å². The summed E-state index contributed by atoms with van der Waals surface area (Å²) in [7, 11) is 0. The number of aromatic amines is 1. The molecule has 128 valence electrons. The van der Waals surface area contributed by atoms with E-state index in [4.69, 9.17) is 0 Å². The number of rotatable bonds is 4. The summed E-state index contributed by atoms with van der Waals surface area (Å²) in [6.07, 6.45) is 6.64. The van der Waals surface area contributed by atoms with Gasteiger partial charge in [-0.1, -0.05) is 6.92 Å². The molecule has 1 aliphatic rings. The quantitative estimate of drug-likeness (QED) is 0.780. The third-order valence-corrected chi connectivity index (χ3v) is 5.64. The molecule has 0 bridgehead atoms. The summed E-state index contributed by atoms with van der Waals surface area (Å²) in [5.41, 5.74) is 2.34. The van der Waals surface area contributed by atoms with Crippen LogP contribution in [0.5, 0.6) is 0 Å². The molecule has 0 amide bonds. The van der Waals surface area contributed by atoms with Crippen LogP contribution in [0, 0.1) is 0 Å². The molecule has 0 radical (unpaired) electrons. The SMILES string of the molecule is CCc1ccc(CN2CCc3nc(-c4cncnc4)[nH]c(=O)c3C2)s1. The van der Waals surface area contributed by atoms with Crippen LogP contribution in [0.15, 0.2) is 35.6 Å². The minimum atomic E-state index is -0.0611. The van der Waals surface area contributed by atoms with Gasteiger partial charge in [0, 0.05) is 48.2 Å². The molecule has 3 aromatic rings. The Morgan fingerprint density at radius 1 is 1.24 bits per heavy atom. The molecule has 1 N–H and O–H groups in total. The number of hydrogen-bond donors (Lipinski definition) is 1. The molecule has 0 aromatic carbocycles. The lowest BCUT2D eigenvalue weighted by molar-refractivity contribution is 0.244. The largest absolute Gasteiger partial charge is 0.306 e. The first-order valence-corrected chi connectivity index (χ1v) is 9.22. The molecular weight excluding hydrogens is 334 g/mol. The van der Waals surface area contributed by atoms with E-state index >= 15 is 0 Å². The van der Waals surface area contributed by atoms with Gasteiger partial charge in [0.2, 0.25) is 0 Å². The van der Waals surface area contributed by atoms with Gasteiger partial charge in [-0.15, -0.1) is 11.3 Å². The van der Waals surface area contributed by atoms with Crippen LogP contribution in [0.2, 0.25) is 0 Å². The van der Waals surface area contributed by atoms with Crippen LogP contribution < -0.4 is 5.56 Å². The van der Waals surface area contributed by atoms with Crippen LogP contribution in [0.3, 0.4) is 0 Å². The first-order valence-electron chi connectivity index (χ1n) is 8.40. The van der Waals surface area contributed by atoms with Gasteiger partial charge in [0.05, 0.1) is 16.8 Å². The highest BCUT2D eigenvalue weighted by atomic mass is 32.1. The van der Waals surface area contributed by atoms with Gasteiger partial charge in [-0.05, 0) is 18.6 Å². The number of H-pyrrole nitrogens is 1. The van der Waals surface area contributed by atoms with Crippen LogP contribution in [-0.2, 0) is 25.9 Å². The van der Waals surface area contributed by atoms with Crippen LogP contribution in [0.1, 0.15) is 27.9 Å². The predicted octanol–water partition coefficient (Wildman–Crippen LogP) is 2.41. The normalized spacial score (nSPS) is 14.4. The molecule has 0 spiro atoms. The van der Waals surface area contributed by atoms with E-state index in [0.717, 1.165) is 42.8 Å².